The average molecular weight is 310 g/mol. The summed E-state index contributed by atoms with van der Waals surface area (Å²) in [6, 6.07) is 10.3. The van der Waals surface area contributed by atoms with Gasteiger partial charge in [-0.2, -0.15) is 5.26 Å². The summed E-state index contributed by atoms with van der Waals surface area (Å²) in [7, 11) is 3.95. The predicted molar refractivity (Wildman–Crippen MR) is 88.2 cm³/mol. The molecule has 1 aromatic carbocycles. The number of hydrogen-bond donors (Lipinski definition) is 2. The summed E-state index contributed by atoms with van der Waals surface area (Å²) >= 11 is 0. The molecule has 0 saturated carbocycles. The molecule has 2 rings (SSSR count). The molecule has 1 aromatic heterocycles. The standard InChI is InChI=1S/C16H18N6O/c1-22(2)9-8-19-16-18-7-6-14(21-16)15(23)20-13-5-3-4-12(10-13)11-17/h3-7,10H,8-9H2,1-2H3,(H,20,23)(H,18,19,21). The van der Waals surface area contributed by atoms with Gasteiger partial charge in [0.2, 0.25) is 5.95 Å². The van der Waals surface area contributed by atoms with Crippen molar-refractivity contribution in [2.75, 3.05) is 37.8 Å². The summed E-state index contributed by atoms with van der Waals surface area (Å²) in [6.07, 6.45) is 1.53. The second kappa shape index (κ2) is 7.87. The fourth-order valence-corrected chi connectivity index (χ4v) is 1.82. The molecule has 7 heteroatoms. The van der Waals surface area contributed by atoms with Gasteiger partial charge < -0.3 is 15.5 Å². The molecule has 118 valence electrons. The molecule has 1 heterocycles. The molecule has 0 bridgehead atoms. The monoisotopic (exact) mass is 310 g/mol. The van der Waals surface area contributed by atoms with Gasteiger partial charge in [-0.25, -0.2) is 9.97 Å². The third-order valence-electron chi connectivity index (χ3n) is 2.98. The highest BCUT2D eigenvalue weighted by molar-refractivity contribution is 6.03. The molecule has 2 N–H and O–H groups in total. The Labute approximate surface area is 135 Å². The van der Waals surface area contributed by atoms with Crippen LogP contribution < -0.4 is 10.6 Å². The van der Waals surface area contributed by atoms with Gasteiger partial charge in [-0.15, -0.1) is 0 Å². The molecule has 0 atom stereocenters. The summed E-state index contributed by atoms with van der Waals surface area (Å²) in [4.78, 5) is 22.5. The van der Waals surface area contributed by atoms with Crippen LogP contribution in [0.3, 0.4) is 0 Å². The van der Waals surface area contributed by atoms with Gasteiger partial charge >= 0.3 is 0 Å². The summed E-state index contributed by atoms with van der Waals surface area (Å²) in [5.41, 5.74) is 1.29. The number of carbonyl (C=O) groups is 1. The molecule has 0 radical (unpaired) electrons. The Kier molecular flexibility index (Phi) is 5.61. The van der Waals surface area contributed by atoms with Crippen molar-refractivity contribution >= 4 is 17.5 Å². The maximum Gasteiger partial charge on any atom is 0.274 e. The third-order valence-corrected chi connectivity index (χ3v) is 2.98. The highest BCUT2D eigenvalue weighted by atomic mass is 16.1. The van der Waals surface area contributed by atoms with Crippen LogP contribution in [0.2, 0.25) is 0 Å². The van der Waals surface area contributed by atoms with Crippen LogP contribution in [0.15, 0.2) is 36.5 Å². The van der Waals surface area contributed by atoms with E-state index in [0.29, 0.717) is 23.7 Å². The van der Waals surface area contributed by atoms with Crippen molar-refractivity contribution in [2.45, 2.75) is 0 Å². The van der Waals surface area contributed by atoms with Crippen LogP contribution in [0.25, 0.3) is 0 Å². The predicted octanol–water partition coefficient (Wildman–Crippen LogP) is 1.57. The molecule has 0 aliphatic rings. The highest BCUT2D eigenvalue weighted by Gasteiger charge is 2.09. The van der Waals surface area contributed by atoms with Gasteiger partial charge in [-0.1, -0.05) is 6.07 Å². The number of rotatable bonds is 6. The summed E-state index contributed by atoms with van der Waals surface area (Å²) in [5, 5.41) is 14.7. The second-order valence-corrected chi connectivity index (χ2v) is 5.14. The lowest BCUT2D eigenvalue weighted by atomic mass is 10.2. The van der Waals surface area contributed by atoms with E-state index in [2.05, 4.69) is 20.6 Å². The SMILES string of the molecule is CN(C)CCNc1nccc(C(=O)Nc2cccc(C#N)c2)n1. The van der Waals surface area contributed by atoms with Gasteiger partial charge in [0.15, 0.2) is 0 Å². The first-order chi connectivity index (χ1) is 11.1. The van der Waals surface area contributed by atoms with Crippen LogP contribution >= 0.6 is 0 Å². The molecule has 0 fully saturated rings. The fourth-order valence-electron chi connectivity index (χ4n) is 1.82. The van der Waals surface area contributed by atoms with Crippen LogP contribution in [0.4, 0.5) is 11.6 Å². The Morgan fingerprint density at radius 1 is 1.35 bits per heavy atom. The Balaban J connectivity index is 2.03. The number of benzene rings is 1. The molecule has 0 unspecified atom stereocenters. The van der Waals surface area contributed by atoms with Gasteiger partial charge in [-0.3, -0.25) is 4.79 Å². The first kappa shape index (κ1) is 16.4. The molecule has 0 aliphatic heterocycles. The number of likely N-dealkylation sites (N-methyl/N-ethyl adjacent to an activating group) is 1. The van der Waals surface area contributed by atoms with Crippen molar-refractivity contribution in [2.24, 2.45) is 0 Å². The lowest BCUT2D eigenvalue weighted by Crippen LogP contribution is -2.22. The second-order valence-electron chi connectivity index (χ2n) is 5.14. The van der Waals surface area contributed by atoms with Crippen molar-refractivity contribution in [3.8, 4) is 6.07 Å². The first-order valence-electron chi connectivity index (χ1n) is 7.11. The van der Waals surface area contributed by atoms with Crippen LogP contribution in [0, 0.1) is 11.3 Å². The number of nitriles is 1. The van der Waals surface area contributed by atoms with E-state index in [4.69, 9.17) is 5.26 Å². The van der Waals surface area contributed by atoms with Crippen LogP contribution in [-0.4, -0.2) is 48.0 Å². The zero-order valence-corrected chi connectivity index (χ0v) is 13.1. The van der Waals surface area contributed by atoms with Crippen molar-refractivity contribution < 1.29 is 4.79 Å². The number of carbonyl (C=O) groups excluding carboxylic acids is 1. The normalized spacial score (nSPS) is 10.2. The maximum atomic E-state index is 12.2. The summed E-state index contributed by atoms with van der Waals surface area (Å²) < 4.78 is 0. The largest absolute Gasteiger partial charge is 0.353 e. The Bertz CT molecular complexity index is 723. The molecular formula is C16H18N6O. The van der Waals surface area contributed by atoms with Gasteiger partial charge in [-0.05, 0) is 38.4 Å². The number of hydrogen-bond acceptors (Lipinski definition) is 6. The van der Waals surface area contributed by atoms with E-state index in [-0.39, 0.29) is 11.6 Å². The Hall–Kier alpha value is -2.98. The number of nitrogens with zero attached hydrogens (tertiary/aromatic N) is 4. The van der Waals surface area contributed by atoms with Crippen LogP contribution in [0.1, 0.15) is 16.1 Å². The highest BCUT2D eigenvalue weighted by Crippen LogP contribution is 2.11. The Morgan fingerprint density at radius 2 is 2.17 bits per heavy atom. The maximum absolute atomic E-state index is 12.2. The summed E-state index contributed by atoms with van der Waals surface area (Å²) in [6.45, 7) is 1.52. The van der Waals surface area contributed by atoms with E-state index >= 15 is 0 Å². The molecule has 0 saturated heterocycles. The van der Waals surface area contributed by atoms with E-state index in [1.54, 1.807) is 30.3 Å². The number of nitrogens with one attached hydrogen (secondary N) is 2. The molecule has 1 amide bonds. The van der Waals surface area contributed by atoms with Crippen molar-refractivity contribution in [3.05, 3.63) is 47.8 Å². The minimum absolute atomic E-state index is 0.259. The zero-order chi connectivity index (χ0) is 16.7. The molecule has 0 spiro atoms. The molecular weight excluding hydrogens is 292 g/mol. The topological polar surface area (TPSA) is 93.9 Å². The number of anilines is 2. The quantitative estimate of drug-likeness (QED) is 0.841. The van der Waals surface area contributed by atoms with Gasteiger partial charge in [0.1, 0.15) is 5.69 Å². The van der Waals surface area contributed by atoms with Crippen molar-refractivity contribution in [3.63, 3.8) is 0 Å². The van der Waals surface area contributed by atoms with Gasteiger partial charge in [0, 0.05) is 25.0 Å². The lowest BCUT2D eigenvalue weighted by Gasteiger charge is -2.10. The molecule has 0 aliphatic carbocycles. The van der Waals surface area contributed by atoms with Crippen molar-refractivity contribution in [1.29, 1.82) is 5.26 Å². The first-order valence-corrected chi connectivity index (χ1v) is 7.11. The average Bonchev–Trinajstić information content (AvgIpc) is 2.55. The molecule has 7 nitrogen and oxygen atoms in total. The van der Waals surface area contributed by atoms with E-state index < -0.39 is 0 Å². The summed E-state index contributed by atoms with van der Waals surface area (Å²) in [5.74, 6) is 0.0587. The van der Waals surface area contributed by atoms with E-state index in [9.17, 15) is 4.79 Å². The van der Waals surface area contributed by atoms with Crippen LogP contribution in [0.5, 0.6) is 0 Å². The number of aromatic nitrogens is 2. The van der Waals surface area contributed by atoms with E-state index in [1.807, 2.05) is 25.1 Å². The lowest BCUT2D eigenvalue weighted by molar-refractivity contribution is 0.102. The van der Waals surface area contributed by atoms with Crippen LogP contribution in [-0.2, 0) is 0 Å². The van der Waals surface area contributed by atoms with Gasteiger partial charge in [0.25, 0.3) is 5.91 Å². The van der Waals surface area contributed by atoms with E-state index in [1.165, 1.54) is 6.20 Å². The minimum Gasteiger partial charge on any atom is -0.353 e. The number of amides is 1. The fraction of sp³-hybridized carbons (Fsp3) is 0.250. The Morgan fingerprint density at radius 3 is 2.91 bits per heavy atom. The molecule has 2 aromatic rings. The van der Waals surface area contributed by atoms with E-state index in [0.717, 1.165) is 6.54 Å². The molecule has 23 heavy (non-hydrogen) atoms. The zero-order valence-electron chi connectivity index (χ0n) is 13.1. The smallest absolute Gasteiger partial charge is 0.274 e. The van der Waals surface area contributed by atoms with Crippen molar-refractivity contribution in [1.82, 2.24) is 14.9 Å². The minimum atomic E-state index is -0.349. The third kappa shape index (κ3) is 5.05. The van der Waals surface area contributed by atoms with Gasteiger partial charge in [0.05, 0.1) is 11.6 Å².